The number of hydrogen-bond acceptors (Lipinski definition) is 1. The van der Waals surface area contributed by atoms with Crippen molar-refractivity contribution in [2.75, 3.05) is 0 Å². The number of nitrogens with zero attached hydrogens (tertiary/aromatic N) is 1. The van der Waals surface area contributed by atoms with Crippen LogP contribution in [0.15, 0.2) is 48.8 Å². The van der Waals surface area contributed by atoms with Gasteiger partial charge in [0.25, 0.3) is 0 Å². The SMILES string of the molecule is Cc1ccc(C(=O)c2ccc[n+](C)c2)cc1.[Br-]. The maximum Gasteiger partial charge on any atom is 0.199 e. The lowest BCUT2D eigenvalue weighted by atomic mass is 10.0. The lowest BCUT2D eigenvalue weighted by Gasteiger charge is -2.00. The molecule has 0 bridgehead atoms. The van der Waals surface area contributed by atoms with Gasteiger partial charge in [0.1, 0.15) is 7.05 Å². The molecule has 0 saturated carbocycles. The zero-order valence-corrected chi connectivity index (χ0v) is 11.4. The summed E-state index contributed by atoms with van der Waals surface area (Å²) >= 11 is 0. The highest BCUT2D eigenvalue weighted by molar-refractivity contribution is 6.08. The lowest BCUT2D eigenvalue weighted by molar-refractivity contribution is -0.671. The van der Waals surface area contributed by atoms with E-state index in [-0.39, 0.29) is 22.8 Å². The number of halogens is 1. The van der Waals surface area contributed by atoms with Crippen molar-refractivity contribution < 1.29 is 26.3 Å². The third-order valence-electron chi connectivity index (χ3n) is 2.52. The summed E-state index contributed by atoms with van der Waals surface area (Å²) in [7, 11) is 1.91. The zero-order chi connectivity index (χ0) is 11.5. The van der Waals surface area contributed by atoms with Crippen molar-refractivity contribution in [3.8, 4) is 0 Å². The molecule has 0 saturated heterocycles. The molecular formula is C14H14BrNO. The standard InChI is InChI=1S/C14H14NO.BrH/c1-11-5-7-12(8-6-11)14(16)13-4-3-9-15(2)10-13;/h3-10H,1-2H3;1H/q+1;/p-1. The largest absolute Gasteiger partial charge is 1.00 e. The summed E-state index contributed by atoms with van der Waals surface area (Å²) in [6.07, 6.45) is 3.74. The summed E-state index contributed by atoms with van der Waals surface area (Å²) in [6.45, 7) is 2.01. The molecule has 0 aliphatic heterocycles. The number of benzene rings is 1. The van der Waals surface area contributed by atoms with Crippen LogP contribution in [0.25, 0.3) is 0 Å². The van der Waals surface area contributed by atoms with Crippen molar-refractivity contribution in [3.63, 3.8) is 0 Å². The number of aryl methyl sites for hydroxylation is 2. The number of ketones is 1. The molecule has 0 fully saturated rings. The number of rotatable bonds is 2. The van der Waals surface area contributed by atoms with Crippen LogP contribution >= 0.6 is 0 Å². The van der Waals surface area contributed by atoms with Crippen LogP contribution in [0.3, 0.4) is 0 Å². The van der Waals surface area contributed by atoms with Gasteiger partial charge in [0, 0.05) is 11.6 Å². The Hall–Kier alpha value is -1.48. The van der Waals surface area contributed by atoms with Gasteiger partial charge in [-0.25, -0.2) is 4.57 Å². The highest BCUT2D eigenvalue weighted by Gasteiger charge is 2.11. The molecule has 3 heteroatoms. The average molecular weight is 292 g/mol. The molecule has 0 atom stereocenters. The normalized spacial score (nSPS) is 9.53. The highest BCUT2D eigenvalue weighted by Crippen LogP contribution is 2.09. The third-order valence-corrected chi connectivity index (χ3v) is 2.52. The van der Waals surface area contributed by atoms with Gasteiger partial charge in [-0.3, -0.25) is 4.79 Å². The van der Waals surface area contributed by atoms with Crippen LogP contribution in [-0.4, -0.2) is 5.78 Å². The topological polar surface area (TPSA) is 20.9 Å². The molecule has 0 spiro atoms. The molecule has 0 amide bonds. The van der Waals surface area contributed by atoms with Crippen LogP contribution in [0.1, 0.15) is 21.5 Å². The molecule has 0 N–H and O–H groups in total. The predicted molar refractivity (Wildman–Crippen MR) is 62.2 cm³/mol. The van der Waals surface area contributed by atoms with E-state index in [1.54, 1.807) is 0 Å². The Bertz CT molecular complexity index is 520. The van der Waals surface area contributed by atoms with E-state index in [9.17, 15) is 4.79 Å². The van der Waals surface area contributed by atoms with Gasteiger partial charge in [-0.15, -0.1) is 0 Å². The molecule has 2 aromatic rings. The fraction of sp³-hybridized carbons (Fsp3) is 0.143. The number of hydrogen-bond donors (Lipinski definition) is 0. The van der Waals surface area contributed by atoms with Crippen LogP contribution in [-0.2, 0) is 7.05 Å². The Labute approximate surface area is 112 Å². The maximum atomic E-state index is 12.1. The first kappa shape index (κ1) is 13.6. The van der Waals surface area contributed by atoms with Gasteiger partial charge >= 0.3 is 0 Å². The summed E-state index contributed by atoms with van der Waals surface area (Å²) in [5.74, 6) is 0.0659. The molecule has 0 unspecified atom stereocenters. The predicted octanol–water partition coefficient (Wildman–Crippen LogP) is -0.945. The second kappa shape index (κ2) is 5.73. The number of pyridine rings is 1. The van der Waals surface area contributed by atoms with E-state index in [0.29, 0.717) is 5.56 Å². The summed E-state index contributed by atoms with van der Waals surface area (Å²) in [6, 6.07) is 11.4. The number of carbonyl (C=O) groups excluding carboxylic acids is 1. The van der Waals surface area contributed by atoms with Crippen molar-refractivity contribution in [2.24, 2.45) is 7.05 Å². The van der Waals surface area contributed by atoms with Crippen LogP contribution in [0.5, 0.6) is 0 Å². The minimum absolute atomic E-state index is 0. The maximum absolute atomic E-state index is 12.1. The van der Waals surface area contributed by atoms with Gasteiger partial charge in [-0.1, -0.05) is 29.8 Å². The molecule has 1 aromatic carbocycles. The van der Waals surface area contributed by atoms with Gasteiger partial charge in [0.2, 0.25) is 0 Å². The Morgan fingerprint density at radius 3 is 2.29 bits per heavy atom. The first-order chi connectivity index (χ1) is 7.66. The Morgan fingerprint density at radius 1 is 1.06 bits per heavy atom. The molecule has 1 aromatic heterocycles. The summed E-state index contributed by atoms with van der Waals surface area (Å²) < 4.78 is 1.88. The van der Waals surface area contributed by atoms with E-state index in [2.05, 4.69) is 0 Å². The quantitative estimate of drug-likeness (QED) is 0.517. The molecule has 2 rings (SSSR count). The van der Waals surface area contributed by atoms with E-state index in [1.807, 2.05) is 67.3 Å². The van der Waals surface area contributed by atoms with Crippen molar-refractivity contribution in [1.82, 2.24) is 0 Å². The van der Waals surface area contributed by atoms with Gasteiger partial charge in [-0.2, -0.15) is 0 Å². The van der Waals surface area contributed by atoms with Crippen molar-refractivity contribution in [1.29, 1.82) is 0 Å². The molecular weight excluding hydrogens is 278 g/mol. The second-order valence-corrected chi connectivity index (χ2v) is 3.95. The van der Waals surface area contributed by atoms with E-state index >= 15 is 0 Å². The van der Waals surface area contributed by atoms with Crippen LogP contribution in [0.2, 0.25) is 0 Å². The van der Waals surface area contributed by atoms with Gasteiger partial charge in [0.05, 0.1) is 5.56 Å². The first-order valence-corrected chi connectivity index (χ1v) is 5.23. The third kappa shape index (κ3) is 3.24. The molecule has 88 valence electrons. The molecule has 0 aliphatic carbocycles. The fourth-order valence-corrected chi connectivity index (χ4v) is 1.59. The molecule has 2 nitrogen and oxygen atoms in total. The zero-order valence-electron chi connectivity index (χ0n) is 9.85. The van der Waals surface area contributed by atoms with Crippen molar-refractivity contribution in [3.05, 3.63) is 65.5 Å². The minimum Gasteiger partial charge on any atom is -1.00 e. The van der Waals surface area contributed by atoms with E-state index in [4.69, 9.17) is 0 Å². The van der Waals surface area contributed by atoms with Gasteiger partial charge in [-0.05, 0) is 13.0 Å². The van der Waals surface area contributed by atoms with Crippen LogP contribution in [0, 0.1) is 6.92 Å². The first-order valence-electron chi connectivity index (χ1n) is 5.23. The van der Waals surface area contributed by atoms with Crippen molar-refractivity contribution in [2.45, 2.75) is 6.92 Å². The molecule has 0 radical (unpaired) electrons. The summed E-state index contributed by atoms with van der Waals surface area (Å²) in [4.78, 5) is 12.1. The van der Waals surface area contributed by atoms with E-state index in [1.165, 1.54) is 0 Å². The van der Waals surface area contributed by atoms with Crippen LogP contribution < -0.4 is 21.5 Å². The average Bonchev–Trinajstić information content (AvgIpc) is 2.29. The Balaban J connectivity index is 0.00000144. The Kier molecular flexibility index (Phi) is 4.58. The highest BCUT2D eigenvalue weighted by atomic mass is 79.9. The number of aromatic nitrogens is 1. The van der Waals surface area contributed by atoms with Gasteiger partial charge < -0.3 is 17.0 Å². The summed E-state index contributed by atoms with van der Waals surface area (Å²) in [5.41, 5.74) is 2.61. The lowest BCUT2D eigenvalue weighted by Crippen LogP contribution is -3.00. The Morgan fingerprint density at radius 2 is 1.71 bits per heavy atom. The molecule has 1 heterocycles. The van der Waals surface area contributed by atoms with Crippen LogP contribution in [0.4, 0.5) is 0 Å². The van der Waals surface area contributed by atoms with E-state index in [0.717, 1.165) is 11.1 Å². The monoisotopic (exact) mass is 291 g/mol. The second-order valence-electron chi connectivity index (χ2n) is 3.95. The molecule has 0 aliphatic rings. The van der Waals surface area contributed by atoms with Gasteiger partial charge in [0.15, 0.2) is 18.2 Å². The van der Waals surface area contributed by atoms with Crippen molar-refractivity contribution >= 4 is 5.78 Å². The number of carbonyl (C=O) groups is 1. The summed E-state index contributed by atoms with van der Waals surface area (Å²) in [5, 5.41) is 0. The molecule has 17 heavy (non-hydrogen) atoms. The fourth-order valence-electron chi connectivity index (χ4n) is 1.59. The smallest absolute Gasteiger partial charge is 0.199 e. The minimum atomic E-state index is 0. The van der Waals surface area contributed by atoms with E-state index < -0.39 is 0 Å².